The Hall–Kier alpha value is -1.86. The number of nitrogens with zero attached hydrogens (tertiary/aromatic N) is 2. The molecule has 2 rings (SSSR count). The Morgan fingerprint density at radius 1 is 1.25 bits per heavy atom. The van der Waals surface area contributed by atoms with Crippen molar-refractivity contribution in [3.8, 4) is 0 Å². The van der Waals surface area contributed by atoms with E-state index in [1.165, 1.54) is 6.20 Å². The zero-order chi connectivity index (χ0) is 14.4. The van der Waals surface area contributed by atoms with Gasteiger partial charge in [0.05, 0.1) is 24.2 Å². The summed E-state index contributed by atoms with van der Waals surface area (Å²) in [5.74, 6) is 0.0816. The van der Waals surface area contributed by atoms with Crippen LogP contribution in [0.3, 0.4) is 0 Å². The van der Waals surface area contributed by atoms with E-state index in [0.29, 0.717) is 25.2 Å². The van der Waals surface area contributed by atoms with Crippen LogP contribution in [0.4, 0.5) is 5.69 Å². The summed E-state index contributed by atoms with van der Waals surface area (Å²) in [6.07, 6.45) is 3.70. The molecule has 0 fully saturated rings. The summed E-state index contributed by atoms with van der Waals surface area (Å²) in [6.45, 7) is 0.764. The molecule has 1 aromatic carbocycles. The van der Waals surface area contributed by atoms with Gasteiger partial charge in [-0.15, -0.1) is 0 Å². The highest BCUT2D eigenvalue weighted by Gasteiger charge is 2.09. The summed E-state index contributed by atoms with van der Waals surface area (Å²) in [6, 6.07) is 9.55. The Morgan fingerprint density at radius 3 is 2.65 bits per heavy atom. The molecule has 0 radical (unpaired) electrons. The maximum atomic E-state index is 11.8. The number of aryl methyl sites for hydroxylation is 1. The van der Waals surface area contributed by atoms with Gasteiger partial charge in [0.25, 0.3) is 0 Å². The first-order chi connectivity index (χ1) is 9.55. The molecule has 1 heterocycles. The first kappa shape index (κ1) is 14.5. The smallest absolute Gasteiger partial charge is 0.211 e. The van der Waals surface area contributed by atoms with Gasteiger partial charge in [-0.3, -0.25) is 4.68 Å². The van der Waals surface area contributed by atoms with Gasteiger partial charge < -0.3 is 5.73 Å². The number of hydrogen-bond donors (Lipinski definition) is 2. The molecule has 0 atom stereocenters. The number of rotatable bonds is 7. The fourth-order valence-corrected chi connectivity index (χ4v) is 2.84. The van der Waals surface area contributed by atoms with Gasteiger partial charge in [0, 0.05) is 12.7 Å². The van der Waals surface area contributed by atoms with Crippen molar-refractivity contribution in [2.75, 3.05) is 18.0 Å². The quantitative estimate of drug-likeness (QED) is 0.783. The highest BCUT2D eigenvalue weighted by molar-refractivity contribution is 7.89. The van der Waals surface area contributed by atoms with E-state index in [1.807, 2.05) is 30.3 Å². The van der Waals surface area contributed by atoms with Crippen LogP contribution in [-0.4, -0.2) is 30.5 Å². The molecule has 108 valence electrons. The van der Waals surface area contributed by atoms with Crippen LogP contribution in [0.2, 0.25) is 0 Å². The Labute approximate surface area is 118 Å². The Bertz CT molecular complexity index is 637. The third kappa shape index (κ3) is 4.67. The van der Waals surface area contributed by atoms with Crippen molar-refractivity contribution in [2.45, 2.75) is 13.0 Å². The fraction of sp³-hybridized carbons (Fsp3) is 0.308. The maximum Gasteiger partial charge on any atom is 0.211 e. The van der Waals surface area contributed by atoms with Crippen LogP contribution < -0.4 is 10.5 Å². The molecule has 0 aliphatic rings. The molecule has 0 unspecified atom stereocenters. The number of anilines is 1. The van der Waals surface area contributed by atoms with Gasteiger partial charge in [-0.2, -0.15) is 5.10 Å². The average molecular weight is 294 g/mol. The third-order valence-electron chi connectivity index (χ3n) is 2.82. The molecular weight excluding hydrogens is 276 g/mol. The van der Waals surface area contributed by atoms with E-state index >= 15 is 0 Å². The summed E-state index contributed by atoms with van der Waals surface area (Å²) >= 11 is 0. The third-order valence-corrected chi connectivity index (χ3v) is 4.20. The van der Waals surface area contributed by atoms with Gasteiger partial charge in [0.15, 0.2) is 0 Å². The zero-order valence-electron chi connectivity index (χ0n) is 11.1. The SMILES string of the molecule is Nc1cnn(CCNS(=O)(=O)CCc2ccccc2)c1. The van der Waals surface area contributed by atoms with E-state index in [9.17, 15) is 8.42 Å². The van der Waals surface area contributed by atoms with Gasteiger partial charge in [0.2, 0.25) is 10.0 Å². The second-order valence-corrected chi connectivity index (χ2v) is 6.41. The molecule has 20 heavy (non-hydrogen) atoms. The van der Waals surface area contributed by atoms with E-state index in [-0.39, 0.29) is 5.75 Å². The van der Waals surface area contributed by atoms with Gasteiger partial charge in [0.1, 0.15) is 0 Å². The molecule has 1 aromatic heterocycles. The van der Waals surface area contributed by atoms with Crippen LogP contribution in [-0.2, 0) is 23.0 Å². The molecule has 6 nitrogen and oxygen atoms in total. The van der Waals surface area contributed by atoms with Crippen LogP contribution in [0.1, 0.15) is 5.56 Å². The average Bonchev–Trinajstić information content (AvgIpc) is 2.83. The monoisotopic (exact) mass is 294 g/mol. The minimum absolute atomic E-state index is 0.0816. The topological polar surface area (TPSA) is 90.0 Å². The predicted octanol–water partition coefficient (Wildman–Crippen LogP) is 0.627. The molecule has 0 bridgehead atoms. The maximum absolute atomic E-state index is 11.8. The van der Waals surface area contributed by atoms with Crippen molar-refractivity contribution >= 4 is 15.7 Å². The molecule has 3 N–H and O–H groups in total. The molecule has 0 aliphatic carbocycles. The zero-order valence-corrected chi connectivity index (χ0v) is 11.9. The van der Waals surface area contributed by atoms with Crippen molar-refractivity contribution in [3.05, 3.63) is 48.3 Å². The number of nitrogen functional groups attached to an aromatic ring is 1. The molecule has 0 aliphatic heterocycles. The van der Waals surface area contributed by atoms with E-state index in [0.717, 1.165) is 5.56 Å². The van der Waals surface area contributed by atoms with E-state index in [2.05, 4.69) is 9.82 Å². The lowest BCUT2D eigenvalue weighted by Crippen LogP contribution is -2.30. The summed E-state index contributed by atoms with van der Waals surface area (Å²) in [5, 5.41) is 3.99. The Morgan fingerprint density at radius 2 is 2.00 bits per heavy atom. The number of sulfonamides is 1. The van der Waals surface area contributed by atoms with Crippen LogP contribution in [0.5, 0.6) is 0 Å². The summed E-state index contributed by atoms with van der Waals surface area (Å²) < 4.78 is 27.8. The largest absolute Gasteiger partial charge is 0.396 e. The van der Waals surface area contributed by atoms with Crippen molar-refractivity contribution in [1.82, 2.24) is 14.5 Å². The first-order valence-electron chi connectivity index (χ1n) is 6.34. The van der Waals surface area contributed by atoms with Crippen molar-refractivity contribution in [1.29, 1.82) is 0 Å². The molecule has 0 saturated carbocycles. The lowest BCUT2D eigenvalue weighted by atomic mass is 10.2. The molecule has 2 aromatic rings. The minimum atomic E-state index is -3.27. The van der Waals surface area contributed by atoms with Gasteiger partial charge in [-0.25, -0.2) is 13.1 Å². The van der Waals surface area contributed by atoms with Crippen molar-refractivity contribution in [2.24, 2.45) is 0 Å². The summed E-state index contributed by atoms with van der Waals surface area (Å²) in [5.41, 5.74) is 7.10. The van der Waals surface area contributed by atoms with Gasteiger partial charge in [-0.05, 0) is 12.0 Å². The molecule has 0 amide bonds. The number of hydrogen-bond acceptors (Lipinski definition) is 4. The predicted molar refractivity (Wildman–Crippen MR) is 78.6 cm³/mol. The minimum Gasteiger partial charge on any atom is -0.396 e. The van der Waals surface area contributed by atoms with E-state index in [1.54, 1.807) is 10.9 Å². The van der Waals surface area contributed by atoms with E-state index < -0.39 is 10.0 Å². The van der Waals surface area contributed by atoms with Gasteiger partial charge in [-0.1, -0.05) is 30.3 Å². The van der Waals surface area contributed by atoms with E-state index in [4.69, 9.17) is 5.73 Å². The van der Waals surface area contributed by atoms with Gasteiger partial charge >= 0.3 is 0 Å². The normalized spacial score (nSPS) is 11.6. The van der Waals surface area contributed by atoms with Crippen LogP contribution >= 0.6 is 0 Å². The number of nitrogens with one attached hydrogen (secondary N) is 1. The molecule has 0 saturated heterocycles. The fourth-order valence-electron chi connectivity index (χ4n) is 1.79. The van der Waals surface area contributed by atoms with Crippen LogP contribution in [0.15, 0.2) is 42.7 Å². The lowest BCUT2D eigenvalue weighted by Gasteiger charge is -2.07. The first-order valence-corrected chi connectivity index (χ1v) is 7.99. The van der Waals surface area contributed by atoms with Crippen LogP contribution in [0.25, 0.3) is 0 Å². The summed E-state index contributed by atoms with van der Waals surface area (Å²) in [7, 11) is -3.27. The van der Waals surface area contributed by atoms with Crippen molar-refractivity contribution in [3.63, 3.8) is 0 Å². The highest BCUT2D eigenvalue weighted by Crippen LogP contribution is 2.01. The number of benzene rings is 1. The Balaban J connectivity index is 1.76. The molecular formula is C13H18N4O2S. The Kier molecular flexibility index (Phi) is 4.75. The second kappa shape index (κ2) is 6.53. The molecule has 7 heteroatoms. The summed E-state index contributed by atoms with van der Waals surface area (Å²) in [4.78, 5) is 0. The van der Waals surface area contributed by atoms with Crippen LogP contribution in [0, 0.1) is 0 Å². The number of aromatic nitrogens is 2. The highest BCUT2D eigenvalue weighted by atomic mass is 32.2. The van der Waals surface area contributed by atoms with Crippen molar-refractivity contribution < 1.29 is 8.42 Å². The lowest BCUT2D eigenvalue weighted by molar-refractivity contribution is 0.560. The number of nitrogens with two attached hydrogens (primary N) is 1. The standard InChI is InChI=1S/C13H18N4O2S/c14-13-10-15-17(11-13)8-7-16-20(18,19)9-6-12-4-2-1-3-5-12/h1-5,10-11,16H,6-9,14H2. The molecule has 0 spiro atoms. The second-order valence-electron chi connectivity index (χ2n) is 4.49.